The average molecular weight is 316 g/mol. The Morgan fingerprint density at radius 1 is 1.04 bits per heavy atom. The van der Waals surface area contributed by atoms with E-state index in [4.69, 9.17) is 4.42 Å². The van der Waals surface area contributed by atoms with Crippen LogP contribution in [-0.2, 0) is 0 Å². The molecule has 1 aromatic heterocycles. The zero-order chi connectivity index (χ0) is 16.7. The van der Waals surface area contributed by atoms with Crippen LogP contribution in [0.5, 0.6) is 0 Å². The molecule has 4 heteroatoms. The van der Waals surface area contributed by atoms with Crippen LogP contribution >= 0.6 is 0 Å². The van der Waals surface area contributed by atoms with Crippen molar-refractivity contribution in [1.29, 1.82) is 0 Å². The van der Waals surface area contributed by atoms with E-state index in [9.17, 15) is 4.79 Å². The summed E-state index contributed by atoms with van der Waals surface area (Å²) in [5, 5.41) is 0.982. The zero-order valence-electron chi connectivity index (χ0n) is 14.5. The molecule has 0 N–H and O–H groups in total. The molecule has 0 fully saturated rings. The highest BCUT2D eigenvalue weighted by Gasteiger charge is 2.19. The molecule has 0 aliphatic rings. The van der Waals surface area contributed by atoms with Crippen LogP contribution in [0.25, 0.3) is 11.0 Å². The molecule has 0 unspecified atom stereocenters. The second-order valence-corrected chi connectivity index (χ2v) is 5.82. The maximum absolute atomic E-state index is 12.8. The number of fused-ring (bicyclic) bond motifs is 1. The van der Waals surface area contributed by atoms with Gasteiger partial charge in [-0.2, -0.15) is 0 Å². The first kappa shape index (κ1) is 17.5. The van der Waals surface area contributed by atoms with E-state index < -0.39 is 0 Å². The predicted octanol–water partition coefficient (Wildman–Crippen LogP) is 4.02. The molecule has 4 nitrogen and oxygen atoms in total. The Hall–Kier alpha value is -1.81. The molecule has 0 atom stereocenters. The standard InChI is InChI=1S/C19H28N2O2/c1-4-7-12-21(14-13-20(5-2)6-3)19(22)18-15-16-10-8-9-11-17(16)23-18/h8-11,15H,4-7,12-14H2,1-3H3. The zero-order valence-corrected chi connectivity index (χ0v) is 14.5. The lowest BCUT2D eigenvalue weighted by molar-refractivity contribution is 0.0705. The molecular weight excluding hydrogens is 288 g/mol. The number of unbranched alkanes of at least 4 members (excludes halogenated alkanes) is 1. The van der Waals surface area contributed by atoms with Gasteiger partial charge in [0.2, 0.25) is 0 Å². The summed E-state index contributed by atoms with van der Waals surface area (Å²) in [6.45, 7) is 10.9. The number of benzene rings is 1. The van der Waals surface area contributed by atoms with Gasteiger partial charge < -0.3 is 14.2 Å². The minimum absolute atomic E-state index is 0.00167. The monoisotopic (exact) mass is 316 g/mol. The van der Waals surface area contributed by atoms with Gasteiger partial charge in [0.15, 0.2) is 5.76 Å². The Morgan fingerprint density at radius 3 is 2.43 bits per heavy atom. The molecule has 1 amide bonds. The molecule has 0 aliphatic carbocycles. The van der Waals surface area contributed by atoms with Crippen LogP contribution in [0.15, 0.2) is 34.7 Å². The lowest BCUT2D eigenvalue weighted by atomic mass is 10.2. The van der Waals surface area contributed by atoms with Crippen LogP contribution in [-0.4, -0.2) is 48.4 Å². The number of rotatable bonds is 9. The van der Waals surface area contributed by atoms with Gasteiger partial charge in [-0.25, -0.2) is 0 Å². The maximum atomic E-state index is 12.8. The highest BCUT2D eigenvalue weighted by atomic mass is 16.3. The quantitative estimate of drug-likeness (QED) is 0.701. The van der Waals surface area contributed by atoms with Crippen molar-refractivity contribution in [2.24, 2.45) is 0 Å². The van der Waals surface area contributed by atoms with Gasteiger partial charge in [-0.15, -0.1) is 0 Å². The molecule has 2 rings (SSSR count). The fourth-order valence-corrected chi connectivity index (χ4v) is 2.71. The van der Waals surface area contributed by atoms with Gasteiger partial charge in [-0.05, 0) is 31.6 Å². The van der Waals surface area contributed by atoms with Gasteiger partial charge in [0.05, 0.1) is 0 Å². The van der Waals surface area contributed by atoms with Crippen molar-refractivity contribution in [3.05, 3.63) is 36.1 Å². The molecule has 126 valence electrons. The summed E-state index contributed by atoms with van der Waals surface area (Å²) >= 11 is 0. The van der Waals surface area contributed by atoms with E-state index in [1.165, 1.54) is 0 Å². The lowest BCUT2D eigenvalue weighted by Crippen LogP contribution is -2.39. The average Bonchev–Trinajstić information content (AvgIpc) is 3.02. The number of nitrogens with zero attached hydrogens (tertiary/aromatic N) is 2. The number of para-hydroxylation sites is 1. The largest absolute Gasteiger partial charge is 0.451 e. The van der Waals surface area contributed by atoms with Crippen molar-refractivity contribution in [2.75, 3.05) is 32.7 Å². The van der Waals surface area contributed by atoms with Gasteiger partial charge in [0, 0.05) is 25.0 Å². The van der Waals surface area contributed by atoms with Crippen molar-refractivity contribution < 1.29 is 9.21 Å². The van der Waals surface area contributed by atoms with Crippen LogP contribution in [0.4, 0.5) is 0 Å². The Labute approximate surface area is 139 Å². The highest BCUT2D eigenvalue weighted by Crippen LogP contribution is 2.20. The van der Waals surface area contributed by atoms with E-state index in [2.05, 4.69) is 25.7 Å². The van der Waals surface area contributed by atoms with Crippen LogP contribution in [0.2, 0.25) is 0 Å². The molecule has 0 aliphatic heterocycles. The van der Waals surface area contributed by atoms with E-state index in [1.54, 1.807) is 0 Å². The fraction of sp³-hybridized carbons (Fsp3) is 0.526. The Kier molecular flexibility index (Phi) is 6.66. The van der Waals surface area contributed by atoms with Gasteiger partial charge in [0.25, 0.3) is 5.91 Å². The van der Waals surface area contributed by atoms with Crippen LogP contribution < -0.4 is 0 Å². The normalized spacial score (nSPS) is 11.3. The predicted molar refractivity (Wildman–Crippen MR) is 94.8 cm³/mol. The van der Waals surface area contributed by atoms with E-state index >= 15 is 0 Å². The highest BCUT2D eigenvalue weighted by molar-refractivity contribution is 5.96. The van der Waals surface area contributed by atoms with Crippen LogP contribution in [0.3, 0.4) is 0 Å². The fourth-order valence-electron chi connectivity index (χ4n) is 2.71. The van der Waals surface area contributed by atoms with E-state index in [0.29, 0.717) is 5.76 Å². The summed E-state index contributed by atoms with van der Waals surface area (Å²) in [5.41, 5.74) is 0.773. The third kappa shape index (κ3) is 4.58. The summed E-state index contributed by atoms with van der Waals surface area (Å²) < 4.78 is 5.75. The smallest absolute Gasteiger partial charge is 0.289 e. The second kappa shape index (κ2) is 8.73. The molecule has 0 bridgehead atoms. The summed E-state index contributed by atoms with van der Waals surface area (Å²) in [6, 6.07) is 9.62. The van der Waals surface area contributed by atoms with Crippen molar-refractivity contribution >= 4 is 16.9 Å². The molecule has 1 heterocycles. The molecule has 2 aromatic rings. The Balaban J connectivity index is 2.11. The molecule has 0 saturated carbocycles. The number of hydrogen-bond acceptors (Lipinski definition) is 3. The van der Waals surface area contributed by atoms with Gasteiger partial charge >= 0.3 is 0 Å². The lowest BCUT2D eigenvalue weighted by Gasteiger charge is -2.25. The minimum atomic E-state index is 0.00167. The van der Waals surface area contributed by atoms with Crippen molar-refractivity contribution in [3.8, 4) is 0 Å². The first-order valence-corrected chi connectivity index (χ1v) is 8.69. The molecule has 0 radical (unpaired) electrons. The van der Waals surface area contributed by atoms with Crippen LogP contribution in [0, 0.1) is 0 Å². The van der Waals surface area contributed by atoms with E-state index in [-0.39, 0.29) is 5.91 Å². The number of amides is 1. The third-order valence-corrected chi connectivity index (χ3v) is 4.29. The minimum Gasteiger partial charge on any atom is -0.451 e. The summed E-state index contributed by atoms with van der Waals surface area (Å²) in [7, 11) is 0. The van der Waals surface area contributed by atoms with Gasteiger partial charge in [0.1, 0.15) is 5.58 Å². The van der Waals surface area contributed by atoms with E-state index in [1.807, 2.05) is 35.2 Å². The van der Waals surface area contributed by atoms with E-state index in [0.717, 1.165) is 56.5 Å². The van der Waals surface area contributed by atoms with Crippen molar-refractivity contribution in [1.82, 2.24) is 9.80 Å². The molecular formula is C19H28N2O2. The summed E-state index contributed by atoms with van der Waals surface area (Å²) in [6.07, 6.45) is 2.10. The molecule has 0 saturated heterocycles. The molecule has 23 heavy (non-hydrogen) atoms. The molecule has 0 spiro atoms. The van der Waals surface area contributed by atoms with Crippen molar-refractivity contribution in [2.45, 2.75) is 33.6 Å². The SMILES string of the molecule is CCCCN(CCN(CC)CC)C(=O)c1cc2ccccc2o1. The number of carbonyl (C=O) groups is 1. The van der Waals surface area contributed by atoms with Gasteiger partial charge in [-0.3, -0.25) is 4.79 Å². The molecule has 1 aromatic carbocycles. The maximum Gasteiger partial charge on any atom is 0.289 e. The van der Waals surface area contributed by atoms with Crippen molar-refractivity contribution in [3.63, 3.8) is 0 Å². The Morgan fingerprint density at radius 2 is 1.78 bits per heavy atom. The summed E-state index contributed by atoms with van der Waals surface area (Å²) in [5.74, 6) is 0.448. The van der Waals surface area contributed by atoms with Gasteiger partial charge in [-0.1, -0.05) is 45.4 Å². The number of carbonyl (C=O) groups excluding carboxylic acids is 1. The summed E-state index contributed by atoms with van der Waals surface area (Å²) in [4.78, 5) is 17.1. The third-order valence-electron chi connectivity index (χ3n) is 4.29. The van der Waals surface area contributed by atoms with Crippen LogP contribution in [0.1, 0.15) is 44.2 Å². The first-order chi connectivity index (χ1) is 11.2. The topological polar surface area (TPSA) is 36.7 Å². The first-order valence-electron chi connectivity index (χ1n) is 8.69. The Bertz CT molecular complexity index is 584. The number of hydrogen-bond donors (Lipinski definition) is 0. The number of likely N-dealkylation sites (N-methyl/N-ethyl adjacent to an activating group) is 1. The second-order valence-electron chi connectivity index (χ2n) is 5.82. The number of furan rings is 1.